The highest BCUT2D eigenvalue weighted by molar-refractivity contribution is 5.95. The Balaban J connectivity index is 1.82. The summed E-state index contributed by atoms with van der Waals surface area (Å²) in [6.45, 7) is 3.64. The summed E-state index contributed by atoms with van der Waals surface area (Å²) in [5, 5.41) is 0. The third-order valence-corrected chi connectivity index (χ3v) is 4.64. The van der Waals surface area contributed by atoms with E-state index in [2.05, 4.69) is 0 Å². The molecule has 0 aliphatic heterocycles. The number of rotatable bonds is 5. The minimum Gasteiger partial charge on any atom is -0.461 e. The van der Waals surface area contributed by atoms with Crippen molar-refractivity contribution in [3.05, 3.63) is 24.0 Å². The van der Waals surface area contributed by atoms with Gasteiger partial charge in [-0.3, -0.25) is 4.79 Å². The fourth-order valence-corrected chi connectivity index (χ4v) is 3.42. The zero-order chi connectivity index (χ0) is 18.0. The van der Waals surface area contributed by atoms with Gasteiger partial charge in [0.2, 0.25) is 0 Å². The summed E-state index contributed by atoms with van der Waals surface area (Å²) in [4.78, 5) is 24.8. The van der Waals surface area contributed by atoms with Gasteiger partial charge in [-0.2, -0.15) is 0 Å². The zero-order valence-corrected chi connectivity index (χ0v) is 15.2. The molecule has 0 spiro atoms. The molecule has 136 valence electrons. The second kappa shape index (κ2) is 7.33. The Morgan fingerprint density at radius 1 is 1.20 bits per heavy atom. The smallest absolute Gasteiger partial charge is 0.355 e. The van der Waals surface area contributed by atoms with Crippen LogP contribution in [0, 0.1) is 0 Å². The van der Waals surface area contributed by atoms with Crippen LogP contribution in [0.2, 0.25) is 0 Å². The van der Waals surface area contributed by atoms with E-state index in [0.29, 0.717) is 5.69 Å². The summed E-state index contributed by atoms with van der Waals surface area (Å²) < 4.78 is 14.6. The van der Waals surface area contributed by atoms with Crippen LogP contribution in [0.5, 0.6) is 0 Å². The van der Waals surface area contributed by atoms with Gasteiger partial charge in [-0.25, -0.2) is 4.79 Å². The molecule has 2 aromatic rings. The van der Waals surface area contributed by atoms with Crippen molar-refractivity contribution < 1.29 is 19.1 Å². The van der Waals surface area contributed by atoms with Crippen molar-refractivity contribution in [2.24, 2.45) is 7.05 Å². The first-order valence-electron chi connectivity index (χ1n) is 9.00. The minimum atomic E-state index is -0.420. The molecular formula is C19H26N2O4. The van der Waals surface area contributed by atoms with E-state index in [0.717, 1.165) is 36.7 Å². The van der Waals surface area contributed by atoms with E-state index in [1.54, 1.807) is 10.6 Å². The first-order valence-corrected chi connectivity index (χ1v) is 9.00. The molecule has 0 saturated heterocycles. The molecule has 0 aromatic carbocycles. The molecule has 0 radical (unpaired) electrons. The Kier molecular flexibility index (Phi) is 5.16. The lowest BCUT2D eigenvalue weighted by Crippen LogP contribution is -2.25. The van der Waals surface area contributed by atoms with Crippen LogP contribution in [-0.2, 0) is 27.9 Å². The van der Waals surface area contributed by atoms with Crippen LogP contribution in [0.1, 0.15) is 56.4 Å². The summed E-state index contributed by atoms with van der Waals surface area (Å²) in [5.74, 6) is -0.719. The summed E-state index contributed by atoms with van der Waals surface area (Å²) in [5.41, 5.74) is 2.11. The molecule has 6 heteroatoms. The van der Waals surface area contributed by atoms with Crippen LogP contribution in [0.25, 0.3) is 11.0 Å². The number of ether oxygens (including phenoxy) is 2. The van der Waals surface area contributed by atoms with Crippen molar-refractivity contribution in [2.45, 2.75) is 64.7 Å². The number of nitrogens with zero attached hydrogens (tertiary/aromatic N) is 2. The predicted molar refractivity (Wildman–Crippen MR) is 94.4 cm³/mol. The largest absolute Gasteiger partial charge is 0.461 e. The molecule has 1 saturated carbocycles. The molecule has 0 atom stereocenters. The van der Waals surface area contributed by atoms with Gasteiger partial charge in [-0.1, -0.05) is 6.42 Å². The lowest BCUT2D eigenvalue weighted by molar-refractivity contribution is -0.151. The summed E-state index contributed by atoms with van der Waals surface area (Å²) in [6, 6.07) is 3.67. The van der Waals surface area contributed by atoms with E-state index in [9.17, 15) is 9.59 Å². The number of aromatic nitrogens is 2. The number of esters is 2. The van der Waals surface area contributed by atoms with Crippen molar-refractivity contribution in [1.82, 2.24) is 9.13 Å². The molecule has 1 aliphatic rings. The molecule has 1 aliphatic carbocycles. The highest BCUT2D eigenvalue weighted by Gasteiger charge is 2.23. The average Bonchev–Trinajstić information content (AvgIpc) is 3.09. The third kappa shape index (κ3) is 3.89. The maximum atomic E-state index is 12.4. The van der Waals surface area contributed by atoms with Crippen LogP contribution in [0.4, 0.5) is 0 Å². The summed E-state index contributed by atoms with van der Waals surface area (Å²) in [6.07, 6.45) is 6.99. The topological polar surface area (TPSA) is 62.5 Å². The molecule has 0 bridgehead atoms. The highest BCUT2D eigenvalue weighted by Crippen LogP contribution is 2.24. The molecule has 1 fully saturated rings. The average molecular weight is 346 g/mol. The fourth-order valence-electron chi connectivity index (χ4n) is 3.42. The molecule has 2 heterocycles. The quantitative estimate of drug-likeness (QED) is 0.778. The van der Waals surface area contributed by atoms with Crippen molar-refractivity contribution in [1.29, 1.82) is 0 Å². The standard InChI is InChI=1S/C19H26N2O4/c1-13(2)24-19(23)17-11-16-15(9-10-20(16)3)21(17)12-18(22)25-14-7-5-4-6-8-14/h9-11,13-14H,4-8,12H2,1-3H3. The second-order valence-corrected chi connectivity index (χ2v) is 7.02. The maximum absolute atomic E-state index is 12.4. The van der Waals surface area contributed by atoms with Crippen molar-refractivity contribution in [2.75, 3.05) is 0 Å². The molecule has 25 heavy (non-hydrogen) atoms. The Bertz CT molecular complexity index is 766. The van der Waals surface area contributed by atoms with Gasteiger partial charge in [0.05, 0.1) is 17.1 Å². The fraction of sp³-hybridized carbons (Fsp3) is 0.579. The molecule has 6 nitrogen and oxygen atoms in total. The molecule has 2 aromatic heterocycles. The van der Waals surface area contributed by atoms with E-state index in [1.165, 1.54) is 6.42 Å². The summed E-state index contributed by atoms with van der Waals surface area (Å²) in [7, 11) is 1.91. The van der Waals surface area contributed by atoms with Gasteiger partial charge in [0.1, 0.15) is 18.3 Å². The van der Waals surface area contributed by atoms with Gasteiger partial charge < -0.3 is 18.6 Å². The monoisotopic (exact) mass is 346 g/mol. The molecule has 0 amide bonds. The lowest BCUT2D eigenvalue weighted by atomic mass is 9.98. The second-order valence-electron chi connectivity index (χ2n) is 7.02. The highest BCUT2D eigenvalue weighted by atomic mass is 16.5. The normalized spacial score (nSPS) is 15.7. The first kappa shape index (κ1) is 17.6. The van der Waals surface area contributed by atoms with Gasteiger partial charge >= 0.3 is 11.9 Å². The van der Waals surface area contributed by atoms with E-state index >= 15 is 0 Å². The van der Waals surface area contributed by atoms with Crippen molar-refractivity contribution >= 4 is 23.0 Å². The number of fused-ring (bicyclic) bond motifs is 1. The van der Waals surface area contributed by atoms with Crippen molar-refractivity contribution in [3.63, 3.8) is 0 Å². The van der Waals surface area contributed by atoms with E-state index in [4.69, 9.17) is 9.47 Å². The number of carbonyl (C=O) groups is 2. The molecule has 3 rings (SSSR count). The third-order valence-electron chi connectivity index (χ3n) is 4.64. The van der Waals surface area contributed by atoms with Gasteiger partial charge in [-0.05, 0) is 51.7 Å². The number of hydrogen-bond donors (Lipinski definition) is 0. The van der Waals surface area contributed by atoms with E-state index in [-0.39, 0.29) is 24.7 Å². The molecule has 0 unspecified atom stereocenters. The van der Waals surface area contributed by atoms with E-state index in [1.807, 2.05) is 37.7 Å². The van der Waals surface area contributed by atoms with Gasteiger partial charge in [0.15, 0.2) is 0 Å². The predicted octanol–water partition coefficient (Wildman–Crippen LogP) is 3.42. The Labute approximate surface area is 147 Å². The Morgan fingerprint density at radius 3 is 2.60 bits per heavy atom. The van der Waals surface area contributed by atoms with Crippen LogP contribution < -0.4 is 0 Å². The van der Waals surface area contributed by atoms with Gasteiger partial charge in [-0.15, -0.1) is 0 Å². The van der Waals surface area contributed by atoms with Crippen molar-refractivity contribution in [3.8, 4) is 0 Å². The van der Waals surface area contributed by atoms with Crippen LogP contribution in [-0.4, -0.2) is 33.3 Å². The Morgan fingerprint density at radius 2 is 1.92 bits per heavy atom. The molecular weight excluding hydrogens is 320 g/mol. The van der Waals surface area contributed by atoms with Crippen LogP contribution in [0.15, 0.2) is 18.3 Å². The lowest BCUT2D eigenvalue weighted by Gasteiger charge is -2.22. The zero-order valence-electron chi connectivity index (χ0n) is 15.2. The number of hydrogen-bond acceptors (Lipinski definition) is 4. The maximum Gasteiger partial charge on any atom is 0.355 e. The molecule has 0 N–H and O–H groups in total. The Hall–Kier alpha value is -2.24. The number of carbonyl (C=O) groups excluding carboxylic acids is 2. The van der Waals surface area contributed by atoms with Gasteiger partial charge in [0, 0.05) is 13.2 Å². The van der Waals surface area contributed by atoms with Gasteiger partial charge in [0.25, 0.3) is 0 Å². The minimum absolute atomic E-state index is 0.00846. The first-order chi connectivity index (χ1) is 12.0. The van der Waals surface area contributed by atoms with Crippen LogP contribution in [0.3, 0.4) is 0 Å². The SMILES string of the molecule is CC(C)OC(=O)c1cc2c(ccn2C)n1CC(=O)OC1CCCCC1. The summed E-state index contributed by atoms with van der Waals surface area (Å²) >= 11 is 0. The van der Waals surface area contributed by atoms with E-state index < -0.39 is 5.97 Å². The van der Waals surface area contributed by atoms with Crippen LogP contribution >= 0.6 is 0 Å². The number of aryl methyl sites for hydroxylation is 1.